The van der Waals surface area contributed by atoms with Crippen molar-refractivity contribution in [3.05, 3.63) is 65.2 Å². The summed E-state index contributed by atoms with van der Waals surface area (Å²) in [6.07, 6.45) is 0.882. The number of ketones is 1. The van der Waals surface area contributed by atoms with E-state index in [0.717, 1.165) is 23.3 Å². The molecular weight excluding hydrogens is 316 g/mol. The van der Waals surface area contributed by atoms with Crippen molar-refractivity contribution in [2.75, 3.05) is 5.33 Å². The molecule has 0 atom stereocenters. The molecule has 104 valence electrons. The molecule has 0 unspecified atom stereocenters. The molecule has 0 aliphatic rings. The SMILES string of the molecule is CCc1ccc(C(=O)CBr)cc1OCc1ccccc1. The zero-order valence-corrected chi connectivity index (χ0v) is 13.0. The summed E-state index contributed by atoms with van der Waals surface area (Å²) in [5.74, 6) is 0.861. The number of hydrogen-bond acceptors (Lipinski definition) is 2. The van der Waals surface area contributed by atoms with E-state index in [4.69, 9.17) is 4.74 Å². The van der Waals surface area contributed by atoms with Gasteiger partial charge < -0.3 is 4.74 Å². The molecule has 2 nitrogen and oxygen atoms in total. The van der Waals surface area contributed by atoms with Crippen LogP contribution in [0.25, 0.3) is 0 Å². The standard InChI is InChI=1S/C17H17BrO2/c1-2-14-8-9-15(16(19)11-18)10-17(14)20-12-13-6-4-3-5-7-13/h3-10H,2,11-12H2,1H3. The summed E-state index contributed by atoms with van der Waals surface area (Å²) in [6, 6.07) is 15.7. The van der Waals surface area contributed by atoms with Crippen molar-refractivity contribution < 1.29 is 9.53 Å². The molecule has 0 fully saturated rings. The lowest BCUT2D eigenvalue weighted by atomic mass is 10.1. The topological polar surface area (TPSA) is 26.3 Å². The minimum atomic E-state index is 0.0669. The Labute approximate surface area is 127 Å². The first-order valence-corrected chi connectivity index (χ1v) is 7.75. The largest absolute Gasteiger partial charge is 0.489 e. The molecule has 0 saturated heterocycles. The maximum Gasteiger partial charge on any atom is 0.173 e. The molecule has 0 heterocycles. The van der Waals surface area contributed by atoms with Crippen molar-refractivity contribution in [3.63, 3.8) is 0 Å². The minimum Gasteiger partial charge on any atom is -0.489 e. The van der Waals surface area contributed by atoms with Crippen LogP contribution >= 0.6 is 15.9 Å². The van der Waals surface area contributed by atoms with E-state index in [-0.39, 0.29) is 5.78 Å². The van der Waals surface area contributed by atoms with Crippen molar-refractivity contribution in [2.24, 2.45) is 0 Å². The fourth-order valence-corrected chi connectivity index (χ4v) is 2.29. The van der Waals surface area contributed by atoms with Crippen LogP contribution in [0.5, 0.6) is 5.75 Å². The van der Waals surface area contributed by atoms with Crippen LogP contribution in [0.4, 0.5) is 0 Å². The number of rotatable bonds is 6. The van der Waals surface area contributed by atoms with Crippen LogP contribution in [0.2, 0.25) is 0 Å². The molecule has 0 saturated carbocycles. The molecule has 0 aliphatic heterocycles. The number of benzene rings is 2. The first kappa shape index (κ1) is 14.8. The van der Waals surface area contributed by atoms with Crippen LogP contribution < -0.4 is 4.74 Å². The second-order valence-corrected chi connectivity index (χ2v) is 5.07. The Kier molecular flexibility index (Phi) is 5.36. The number of carbonyl (C=O) groups excluding carboxylic acids is 1. The molecule has 0 aromatic heterocycles. The Balaban J connectivity index is 2.18. The summed E-state index contributed by atoms with van der Waals surface area (Å²) < 4.78 is 5.88. The van der Waals surface area contributed by atoms with Gasteiger partial charge >= 0.3 is 0 Å². The lowest BCUT2D eigenvalue weighted by molar-refractivity contribution is 0.102. The summed E-state index contributed by atoms with van der Waals surface area (Å²) in [5.41, 5.74) is 2.92. The Morgan fingerprint density at radius 2 is 1.90 bits per heavy atom. The highest BCUT2D eigenvalue weighted by Crippen LogP contribution is 2.23. The van der Waals surface area contributed by atoms with Gasteiger partial charge in [-0.1, -0.05) is 65.3 Å². The van der Waals surface area contributed by atoms with Gasteiger partial charge in [-0.05, 0) is 23.6 Å². The number of ether oxygens (including phenoxy) is 1. The molecule has 2 aromatic rings. The third-order valence-electron chi connectivity index (χ3n) is 3.13. The van der Waals surface area contributed by atoms with Gasteiger partial charge in [0.05, 0.1) is 5.33 Å². The lowest BCUT2D eigenvalue weighted by Gasteiger charge is -2.12. The van der Waals surface area contributed by atoms with Crippen molar-refractivity contribution in [1.29, 1.82) is 0 Å². The van der Waals surface area contributed by atoms with Crippen molar-refractivity contribution in [3.8, 4) is 5.75 Å². The predicted molar refractivity (Wildman–Crippen MR) is 84.7 cm³/mol. The number of alkyl halides is 1. The van der Waals surface area contributed by atoms with Crippen molar-refractivity contribution in [2.45, 2.75) is 20.0 Å². The van der Waals surface area contributed by atoms with E-state index in [9.17, 15) is 4.79 Å². The third kappa shape index (κ3) is 3.70. The highest BCUT2D eigenvalue weighted by Gasteiger charge is 2.09. The summed E-state index contributed by atoms with van der Waals surface area (Å²) in [5, 5.41) is 0.330. The van der Waals surface area contributed by atoms with Gasteiger partial charge in [0, 0.05) is 5.56 Å². The molecule has 3 heteroatoms. The summed E-state index contributed by atoms with van der Waals surface area (Å²) >= 11 is 3.20. The van der Waals surface area contributed by atoms with Gasteiger partial charge in [-0.25, -0.2) is 0 Å². The Hall–Kier alpha value is -1.61. The molecule has 0 radical (unpaired) electrons. The van der Waals surface area contributed by atoms with Gasteiger partial charge in [0.2, 0.25) is 0 Å². The number of aryl methyl sites for hydroxylation is 1. The summed E-state index contributed by atoms with van der Waals surface area (Å²) in [6.45, 7) is 2.59. The van der Waals surface area contributed by atoms with E-state index < -0.39 is 0 Å². The van der Waals surface area contributed by atoms with E-state index >= 15 is 0 Å². The monoisotopic (exact) mass is 332 g/mol. The smallest absolute Gasteiger partial charge is 0.173 e. The van der Waals surface area contributed by atoms with Gasteiger partial charge in [0.25, 0.3) is 0 Å². The first-order chi connectivity index (χ1) is 9.74. The van der Waals surface area contributed by atoms with Crippen LogP contribution in [-0.4, -0.2) is 11.1 Å². The Morgan fingerprint density at radius 3 is 2.55 bits per heavy atom. The maximum atomic E-state index is 11.7. The highest BCUT2D eigenvalue weighted by molar-refractivity contribution is 9.09. The third-order valence-corrected chi connectivity index (χ3v) is 3.64. The summed E-state index contributed by atoms with van der Waals surface area (Å²) in [4.78, 5) is 11.7. The fourth-order valence-electron chi connectivity index (χ4n) is 1.97. The lowest BCUT2D eigenvalue weighted by Crippen LogP contribution is -2.03. The molecule has 0 amide bonds. The molecule has 2 aromatic carbocycles. The second kappa shape index (κ2) is 7.25. The molecule has 2 rings (SSSR count). The highest BCUT2D eigenvalue weighted by atomic mass is 79.9. The molecule has 0 aliphatic carbocycles. The van der Waals surface area contributed by atoms with Gasteiger partial charge in [-0.3, -0.25) is 4.79 Å². The predicted octanol–water partition coefficient (Wildman–Crippen LogP) is 4.41. The van der Waals surface area contributed by atoms with Gasteiger partial charge in [0.1, 0.15) is 12.4 Å². The number of carbonyl (C=O) groups is 1. The Bertz CT molecular complexity index is 579. The van der Waals surface area contributed by atoms with Crippen LogP contribution in [0, 0.1) is 0 Å². The normalized spacial score (nSPS) is 10.3. The van der Waals surface area contributed by atoms with Gasteiger partial charge in [-0.2, -0.15) is 0 Å². The van der Waals surface area contributed by atoms with Crippen molar-refractivity contribution >= 4 is 21.7 Å². The minimum absolute atomic E-state index is 0.0669. The second-order valence-electron chi connectivity index (χ2n) is 4.51. The van der Waals surface area contributed by atoms with Crippen LogP contribution in [0.3, 0.4) is 0 Å². The van der Waals surface area contributed by atoms with Crippen molar-refractivity contribution in [1.82, 2.24) is 0 Å². The zero-order chi connectivity index (χ0) is 14.4. The maximum absolute atomic E-state index is 11.7. The average molecular weight is 333 g/mol. The molecule has 20 heavy (non-hydrogen) atoms. The zero-order valence-electron chi connectivity index (χ0n) is 11.4. The quantitative estimate of drug-likeness (QED) is 0.578. The van der Waals surface area contributed by atoms with E-state index in [1.165, 1.54) is 0 Å². The molecule has 0 N–H and O–H groups in total. The summed E-state index contributed by atoms with van der Waals surface area (Å²) in [7, 11) is 0. The average Bonchev–Trinajstić information content (AvgIpc) is 2.52. The van der Waals surface area contributed by atoms with E-state index in [1.54, 1.807) is 0 Å². The van der Waals surface area contributed by atoms with Crippen LogP contribution in [0.15, 0.2) is 48.5 Å². The van der Waals surface area contributed by atoms with E-state index in [2.05, 4.69) is 22.9 Å². The van der Waals surface area contributed by atoms with Gasteiger partial charge in [-0.15, -0.1) is 0 Å². The number of hydrogen-bond donors (Lipinski definition) is 0. The Morgan fingerprint density at radius 1 is 1.15 bits per heavy atom. The van der Waals surface area contributed by atoms with E-state index in [1.807, 2.05) is 48.5 Å². The fraction of sp³-hybridized carbons (Fsp3) is 0.235. The molecule has 0 spiro atoms. The van der Waals surface area contributed by atoms with Gasteiger partial charge in [0.15, 0.2) is 5.78 Å². The first-order valence-electron chi connectivity index (χ1n) is 6.63. The number of halogens is 1. The molecule has 0 bridgehead atoms. The van der Waals surface area contributed by atoms with Crippen LogP contribution in [-0.2, 0) is 13.0 Å². The van der Waals surface area contributed by atoms with Crippen LogP contribution in [0.1, 0.15) is 28.4 Å². The number of Topliss-reactive ketones (excluding diaryl/α,β-unsaturated/α-hetero) is 1. The molecular formula is C17H17BrO2. The van der Waals surface area contributed by atoms with E-state index in [0.29, 0.717) is 17.5 Å².